The molecule has 50 valence electrons. The van der Waals surface area contributed by atoms with E-state index in [0.717, 1.165) is 11.1 Å². The molecule has 1 nitrogen and oxygen atoms in total. The van der Waals surface area contributed by atoms with E-state index in [-0.39, 0.29) is 0 Å². The first-order valence-electron chi connectivity index (χ1n) is 2.53. The van der Waals surface area contributed by atoms with Gasteiger partial charge in [-0.15, -0.1) is 11.3 Å². The molecule has 3 heteroatoms. The standard InChI is InChI=1S/C6H7BrOS/c1-8-6-4-9-3-5(6)2-7/h3-4H,2H2,1H3. The fourth-order valence-corrected chi connectivity index (χ4v) is 2.04. The lowest BCUT2D eigenvalue weighted by Gasteiger charge is -1.95. The number of ether oxygens (including phenoxy) is 1. The van der Waals surface area contributed by atoms with E-state index in [1.807, 2.05) is 5.38 Å². The molecular weight excluding hydrogens is 200 g/mol. The molecule has 0 atom stereocenters. The van der Waals surface area contributed by atoms with E-state index in [4.69, 9.17) is 4.74 Å². The van der Waals surface area contributed by atoms with Crippen molar-refractivity contribution in [2.75, 3.05) is 7.11 Å². The molecule has 0 unspecified atom stereocenters. The van der Waals surface area contributed by atoms with Crippen LogP contribution < -0.4 is 4.74 Å². The molecular formula is C6H7BrOS. The Morgan fingerprint density at radius 1 is 1.67 bits per heavy atom. The van der Waals surface area contributed by atoms with Gasteiger partial charge in [-0.25, -0.2) is 0 Å². The van der Waals surface area contributed by atoms with Crippen molar-refractivity contribution < 1.29 is 4.74 Å². The summed E-state index contributed by atoms with van der Waals surface area (Å²) in [6, 6.07) is 0. The predicted molar refractivity (Wildman–Crippen MR) is 43.5 cm³/mol. The summed E-state index contributed by atoms with van der Waals surface area (Å²) in [4.78, 5) is 0. The summed E-state index contributed by atoms with van der Waals surface area (Å²) < 4.78 is 5.06. The van der Waals surface area contributed by atoms with Crippen LogP contribution in [0.2, 0.25) is 0 Å². The molecule has 0 N–H and O–H groups in total. The summed E-state index contributed by atoms with van der Waals surface area (Å²) in [6.45, 7) is 0. The molecule has 0 amide bonds. The second-order valence-corrected chi connectivity index (χ2v) is 2.90. The first kappa shape index (κ1) is 7.09. The van der Waals surface area contributed by atoms with Gasteiger partial charge in [0.1, 0.15) is 5.75 Å². The van der Waals surface area contributed by atoms with Crippen LogP contribution in [0, 0.1) is 0 Å². The maximum Gasteiger partial charge on any atom is 0.133 e. The lowest BCUT2D eigenvalue weighted by molar-refractivity contribution is 0.413. The van der Waals surface area contributed by atoms with Crippen molar-refractivity contribution in [1.82, 2.24) is 0 Å². The number of thiophene rings is 1. The van der Waals surface area contributed by atoms with Gasteiger partial charge in [-0.2, -0.15) is 0 Å². The molecule has 1 aromatic heterocycles. The van der Waals surface area contributed by atoms with Gasteiger partial charge in [0.25, 0.3) is 0 Å². The average Bonchev–Trinajstić information content (AvgIpc) is 2.33. The molecule has 0 radical (unpaired) electrons. The van der Waals surface area contributed by atoms with Crippen LogP contribution in [0.5, 0.6) is 5.75 Å². The van der Waals surface area contributed by atoms with Crippen LogP contribution in [0.4, 0.5) is 0 Å². The van der Waals surface area contributed by atoms with Crippen LogP contribution >= 0.6 is 27.3 Å². The van der Waals surface area contributed by atoms with Gasteiger partial charge in [-0.05, 0) is 5.38 Å². The van der Waals surface area contributed by atoms with Gasteiger partial charge in [-0.1, -0.05) is 15.9 Å². The molecule has 9 heavy (non-hydrogen) atoms. The highest BCUT2D eigenvalue weighted by molar-refractivity contribution is 9.08. The predicted octanol–water partition coefficient (Wildman–Crippen LogP) is 2.65. The molecule has 1 rings (SSSR count). The number of hydrogen-bond donors (Lipinski definition) is 0. The van der Waals surface area contributed by atoms with Crippen molar-refractivity contribution in [3.8, 4) is 5.75 Å². The third-order valence-corrected chi connectivity index (χ3v) is 2.44. The number of halogens is 1. The van der Waals surface area contributed by atoms with Crippen molar-refractivity contribution in [2.45, 2.75) is 5.33 Å². The van der Waals surface area contributed by atoms with Crippen LogP contribution in [-0.4, -0.2) is 7.11 Å². The van der Waals surface area contributed by atoms with Gasteiger partial charge in [0.05, 0.1) is 7.11 Å². The molecule has 1 aromatic rings. The molecule has 0 aliphatic rings. The van der Waals surface area contributed by atoms with Crippen molar-refractivity contribution in [3.63, 3.8) is 0 Å². The van der Waals surface area contributed by atoms with E-state index in [1.54, 1.807) is 18.4 Å². The fraction of sp³-hybridized carbons (Fsp3) is 0.333. The van der Waals surface area contributed by atoms with E-state index in [9.17, 15) is 0 Å². The molecule has 0 spiro atoms. The summed E-state index contributed by atoms with van der Waals surface area (Å²) in [5.74, 6) is 0.983. The highest BCUT2D eigenvalue weighted by Gasteiger charge is 1.99. The summed E-state index contributed by atoms with van der Waals surface area (Å²) >= 11 is 5.02. The summed E-state index contributed by atoms with van der Waals surface area (Å²) in [5.41, 5.74) is 1.22. The highest BCUT2D eigenvalue weighted by Crippen LogP contribution is 2.24. The summed E-state index contributed by atoms with van der Waals surface area (Å²) in [5, 5.41) is 4.95. The van der Waals surface area contributed by atoms with Gasteiger partial charge in [0.15, 0.2) is 0 Å². The molecule has 0 bridgehead atoms. The second-order valence-electron chi connectivity index (χ2n) is 1.60. The van der Waals surface area contributed by atoms with Crippen LogP contribution in [0.3, 0.4) is 0 Å². The second kappa shape index (κ2) is 3.22. The van der Waals surface area contributed by atoms with Gasteiger partial charge in [0.2, 0.25) is 0 Å². The third kappa shape index (κ3) is 1.46. The van der Waals surface area contributed by atoms with Crippen molar-refractivity contribution in [2.24, 2.45) is 0 Å². The Hall–Kier alpha value is -0.0200. The number of hydrogen-bond acceptors (Lipinski definition) is 2. The lowest BCUT2D eigenvalue weighted by atomic mass is 10.4. The van der Waals surface area contributed by atoms with Crippen LogP contribution in [-0.2, 0) is 5.33 Å². The molecule has 0 saturated heterocycles. The van der Waals surface area contributed by atoms with Crippen LogP contribution in [0.15, 0.2) is 10.8 Å². The Morgan fingerprint density at radius 2 is 2.44 bits per heavy atom. The van der Waals surface area contributed by atoms with Crippen molar-refractivity contribution in [1.29, 1.82) is 0 Å². The molecule has 0 saturated carbocycles. The van der Waals surface area contributed by atoms with E-state index < -0.39 is 0 Å². The van der Waals surface area contributed by atoms with Gasteiger partial charge < -0.3 is 4.74 Å². The lowest BCUT2D eigenvalue weighted by Crippen LogP contribution is -1.82. The average molecular weight is 207 g/mol. The number of methoxy groups -OCH3 is 1. The minimum absolute atomic E-state index is 0.875. The van der Waals surface area contributed by atoms with Crippen LogP contribution in [0.25, 0.3) is 0 Å². The van der Waals surface area contributed by atoms with Gasteiger partial charge in [-0.3, -0.25) is 0 Å². The summed E-state index contributed by atoms with van der Waals surface area (Å²) in [7, 11) is 1.69. The maximum atomic E-state index is 5.06. The number of rotatable bonds is 2. The van der Waals surface area contributed by atoms with E-state index in [2.05, 4.69) is 21.3 Å². The normalized spacial score (nSPS) is 9.56. The quantitative estimate of drug-likeness (QED) is 0.677. The Bertz CT molecular complexity index is 166. The Balaban J connectivity index is 2.85. The highest BCUT2D eigenvalue weighted by atomic mass is 79.9. The first-order chi connectivity index (χ1) is 4.38. The van der Waals surface area contributed by atoms with Gasteiger partial charge in [0, 0.05) is 16.3 Å². The molecule has 0 fully saturated rings. The topological polar surface area (TPSA) is 9.23 Å². The van der Waals surface area contributed by atoms with Crippen molar-refractivity contribution >= 4 is 27.3 Å². The SMILES string of the molecule is COc1cscc1CBr. The fourth-order valence-electron chi connectivity index (χ4n) is 0.588. The Morgan fingerprint density at radius 3 is 2.89 bits per heavy atom. The van der Waals surface area contributed by atoms with Gasteiger partial charge >= 0.3 is 0 Å². The minimum Gasteiger partial charge on any atom is -0.496 e. The zero-order valence-electron chi connectivity index (χ0n) is 5.06. The Labute approximate surface area is 66.8 Å². The molecule has 0 aromatic carbocycles. The molecule has 0 aliphatic carbocycles. The Kier molecular flexibility index (Phi) is 2.54. The largest absolute Gasteiger partial charge is 0.496 e. The third-order valence-electron chi connectivity index (χ3n) is 1.07. The summed E-state index contributed by atoms with van der Waals surface area (Å²) in [6.07, 6.45) is 0. The molecule has 1 heterocycles. The van der Waals surface area contributed by atoms with Crippen molar-refractivity contribution in [3.05, 3.63) is 16.3 Å². The minimum atomic E-state index is 0.875. The number of alkyl halides is 1. The monoisotopic (exact) mass is 206 g/mol. The first-order valence-corrected chi connectivity index (χ1v) is 4.60. The molecule has 0 aliphatic heterocycles. The zero-order chi connectivity index (χ0) is 6.69. The van der Waals surface area contributed by atoms with E-state index in [1.165, 1.54) is 5.56 Å². The smallest absolute Gasteiger partial charge is 0.133 e. The zero-order valence-corrected chi connectivity index (χ0v) is 7.46. The van der Waals surface area contributed by atoms with Crippen LogP contribution in [0.1, 0.15) is 5.56 Å². The van der Waals surface area contributed by atoms with E-state index in [0.29, 0.717) is 0 Å². The maximum absolute atomic E-state index is 5.06. The van der Waals surface area contributed by atoms with E-state index >= 15 is 0 Å².